The van der Waals surface area contributed by atoms with Gasteiger partial charge < -0.3 is 20.2 Å². The number of hydrogen-bond acceptors (Lipinski definition) is 5. The van der Waals surface area contributed by atoms with Crippen LogP contribution in [0.15, 0.2) is 8.58 Å². The number of rotatable bonds is 2. The fourth-order valence-corrected chi connectivity index (χ4v) is 4.03. The quantitative estimate of drug-likeness (QED) is 0.860. The van der Waals surface area contributed by atoms with Crippen LogP contribution < -0.4 is 16.0 Å². The largest absolute Gasteiger partial charge is 0.491 e. The summed E-state index contributed by atoms with van der Waals surface area (Å²) in [6, 6.07) is 0. The number of thiophene rings is 1. The van der Waals surface area contributed by atoms with E-state index in [4.69, 9.17) is 15.2 Å². The van der Waals surface area contributed by atoms with Crippen LogP contribution in [-0.2, 0) is 17.8 Å². The van der Waals surface area contributed by atoms with E-state index in [0.717, 1.165) is 27.6 Å². The van der Waals surface area contributed by atoms with Crippen molar-refractivity contribution in [2.75, 3.05) is 6.61 Å². The number of nitrogens with two attached hydrogens (primary N) is 1. The van der Waals surface area contributed by atoms with Crippen molar-refractivity contribution in [2.45, 2.75) is 19.4 Å². The number of carbonyl (C=O) groups is 1. The molecule has 0 fully saturated rings. The van der Waals surface area contributed by atoms with Gasteiger partial charge in [0.2, 0.25) is 0 Å². The second-order valence-corrected chi connectivity index (χ2v) is 6.72. The fraction of sp³-hybridized carbons (Fsp3) is 0.333. The number of H-pyrrole nitrogens is 1. The van der Waals surface area contributed by atoms with E-state index in [1.165, 1.54) is 11.3 Å². The van der Waals surface area contributed by atoms with Gasteiger partial charge in [-0.15, -0.1) is 11.3 Å². The molecule has 1 aliphatic heterocycles. The van der Waals surface area contributed by atoms with Crippen LogP contribution in [0.3, 0.4) is 0 Å². The maximum atomic E-state index is 12.1. The Labute approximate surface area is 126 Å². The van der Waals surface area contributed by atoms with Gasteiger partial charge in [-0.25, -0.2) is 4.79 Å². The van der Waals surface area contributed by atoms with Crippen LogP contribution >= 0.6 is 27.3 Å². The number of hydrogen-bond donors (Lipinski definition) is 2. The number of nitrogens with one attached hydrogen (secondary N) is 1. The summed E-state index contributed by atoms with van der Waals surface area (Å²) < 4.78 is 11.9. The van der Waals surface area contributed by atoms with Gasteiger partial charge in [0, 0.05) is 5.39 Å². The number of ether oxygens (including phenoxy) is 2. The Kier molecular flexibility index (Phi) is 3.43. The minimum absolute atomic E-state index is 0.0389. The van der Waals surface area contributed by atoms with E-state index >= 15 is 0 Å². The van der Waals surface area contributed by atoms with Crippen LogP contribution in [0.25, 0.3) is 10.1 Å². The van der Waals surface area contributed by atoms with Gasteiger partial charge in [0.25, 0.3) is 5.56 Å². The summed E-state index contributed by atoms with van der Waals surface area (Å²) in [5.41, 5.74) is 6.30. The molecule has 0 unspecified atom stereocenters. The lowest BCUT2D eigenvalue weighted by atomic mass is 10.0. The zero-order valence-electron chi connectivity index (χ0n) is 10.3. The molecule has 8 heteroatoms. The van der Waals surface area contributed by atoms with Crippen molar-refractivity contribution < 1.29 is 14.3 Å². The normalized spacial score (nSPS) is 13.8. The van der Waals surface area contributed by atoms with Gasteiger partial charge in [-0.05, 0) is 34.3 Å². The predicted octanol–water partition coefficient (Wildman–Crippen LogP) is 2.27. The first kappa shape index (κ1) is 13.4. The van der Waals surface area contributed by atoms with Crippen molar-refractivity contribution in [3.63, 3.8) is 0 Å². The van der Waals surface area contributed by atoms with Crippen molar-refractivity contribution in [3.8, 4) is 5.75 Å². The Morgan fingerprint density at radius 3 is 3.10 bits per heavy atom. The second kappa shape index (κ2) is 5.10. The van der Waals surface area contributed by atoms with E-state index in [1.54, 1.807) is 0 Å². The summed E-state index contributed by atoms with van der Waals surface area (Å²) >= 11 is 4.77. The molecular formula is C12H11BrN2O4S. The van der Waals surface area contributed by atoms with E-state index in [1.807, 2.05) is 0 Å². The van der Waals surface area contributed by atoms with Crippen molar-refractivity contribution in [2.24, 2.45) is 5.73 Å². The summed E-state index contributed by atoms with van der Waals surface area (Å²) in [6.07, 6.45) is 0.715. The fourth-order valence-electron chi connectivity index (χ4n) is 2.34. The predicted molar refractivity (Wildman–Crippen MR) is 78.3 cm³/mol. The molecule has 0 bridgehead atoms. The van der Waals surface area contributed by atoms with Crippen LogP contribution in [0.2, 0.25) is 0 Å². The first-order chi connectivity index (χ1) is 9.58. The van der Waals surface area contributed by atoms with Crippen molar-refractivity contribution in [1.82, 2.24) is 4.98 Å². The van der Waals surface area contributed by atoms with E-state index in [0.29, 0.717) is 22.8 Å². The number of halogens is 1. The highest BCUT2D eigenvalue weighted by molar-refractivity contribution is 9.11. The third-order valence-corrected chi connectivity index (χ3v) is 4.94. The number of carbonyl (C=O) groups excluding carboxylic acids is 1. The van der Waals surface area contributed by atoms with Gasteiger partial charge in [-0.1, -0.05) is 0 Å². The molecule has 0 saturated carbocycles. The van der Waals surface area contributed by atoms with Crippen LogP contribution in [0.1, 0.15) is 17.7 Å². The van der Waals surface area contributed by atoms with Crippen molar-refractivity contribution in [1.29, 1.82) is 0 Å². The standard InChI is InChI=1S/C12H11BrN2O4S/c13-10-8-7-5(2-1-3-18-8)6(4-19-12(14)17)15-11(16)9(7)20-10/h1-4H2,(H2,14,17)(H,15,16). The van der Waals surface area contributed by atoms with Gasteiger partial charge in [0.05, 0.1) is 12.3 Å². The molecule has 3 rings (SSSR count). The molecule has 0 aromatic carbocycles. The molecule has 0 radical (unpaired) electrons. The van der Waals surface area contributed by atoms with Crippen LogP contribution in [-0.4, -0.2) is 17.7 Å². The van der Waals surface area contributed by atoms with Gasteiger partial charge in [-0.3, -0.25) is 4.79 Å². The van der Waals surface area contributed by atoms with Crippen molar-refractivity contribution in [3.05, 3.63) is 25.4 Å². The molecule has 3 N–H and O–H groups in total. The van der Waals surface area contributed by atoms with Crippen molar-refractivity contribution >= 4 is 43.4 Å². The third kappa shape index (κ3) is 2.18. The third-order valence-electron chi connectivity index (χ3n) is 3.14. The molecule has 0 aliphatic carbocycles. The summed E-state index contributed by atoms with van der Waals surface area (Å²) in [7, 11) is 0. The lowest BCUT2D eigenvalue weighted by Gasteiger charge is -2.09. The van der Waals surface area contributed by atoms with Crippen LogP contribution in [0, 0.1) is 0 Å². The lowest BCUT2D eigenvalue weighted by molar-refractivity contribution is 0.148. The number of amides is 1. The maximum Gasteiger partial charge on any atom is 0.404 e. The number of aryl methyl sites for hydroxylation is 1. The minimum Gasteiger partial charge on any atom is -0.491 e. The van der Waals surface area contributed by atoms with Crippen LogP contribution in [0.5, 0.6) is 5.75 Å². The number of aromatic amines is 1. The molecule has 1 amide bonds. The van der Waals surface area contributed by atoms with E-state index < -0.39 is 6.09 Å². The van der Waals surface area contributed by atoms with E-state index in [-0.39, 0.29) is 12.2 Å². The average Bonchev–Trinajstić information content (AvgIpc) is 2.60. The molecule has 20 heavy (non-hydrogen) atoms. The summed E-state index contributed by atoms with van der Waals surface area (Å²) in [6.45, 7) is 0.548. The molecule has 0 spiro atoms. The SMILES string of the molecule is NC(=O)OCc1[nH]c(=O)c2sc(Br)c3c2c1CCCO3. The first-order valence-electron chi connectivity index (χ1n) is 5.99. The maximum absolute atomic E-state index is 12.1. The Morgan fingerprint density at radius 1 is 1.55 bits per heavy atom. The highest BCUT2D eigenvalue weighted by Gasteiger charge is 2.23. The molecule has 2 aromatic rings. The number of primary amides is 1. The summed E-state index contributed by atoms with van der Waals surface area (Å²) in [4.78, 5) is 25.6. The van der Waals surface area contributed by atoms with E-state index in [2.05, 4.69) is 20.9 Å². The van der Waals surface area contributed by atoms with Gasteiger partial charge in [0.15, 0.2) is 5.75 Å². The molecule has 1 aliphatic rings. The highest BCUT2D eigenvalue weighted by Crippen LogP contribution is 2.43. The number of pyridine rings is 1. The molecule has 3 heterocycles. The average molecular weight is 359 g/mol. The van der Waals surface area contributed by atoms with E-state index in [9.17, 15) is 9.59 Å². The van der Waals surface area contributed by atoms with Crippen LogP contribution in [0.4, 0.5) is 4.79 Å². The van der Waals surface area contributed by atoms with Gasteiger partial charge in [-0.2, -0.15) is 0 Å². The number of aromatic nitrogens is 1. The smallest absolute Gasteiger partial charge is 0.404 e. The topological polar surface area (TPSA) is 94.4 Å². The summed E-state index contributed by atoms with van der Waals surface area (Å²) in [5.74, 6) is 0.698. The molecule has 106 valence electrons. The molecule has 0 atom stereocenters. The first-order valence-corrected chi connectivity index (χ1v) is 7.60. The molecule has 0 saturated heterocycles. The second-order valence-electron chi connectivity index (χ2n) is 4.38. The van der Waals surface area contributed by atoms with Gasteiger partial charge >= 0.3 is 6.09 Å². The van der Waals surface area contributed by atoms with Gasteiger partial charge in [0.1, 0.15) is 15.1 Å². The Balaban J connectivity index is 2.23. The molecule has 2 aromatic heterocycles. The summed E-state index contributed by atoms with van der Waals surface area (Å²) in [5, 5.41) is 0.811. The minimum atomic E-state index is -0.866. The molecule has 6 nitrogen and oxygen atoms in total. The monoisotopic (exact) mass is 358 g/mol. The lowest BCUT2D eigenvalue weighted by Crippen LogP contribution is -2.17. The molecular weight excluding hydrogens is 348 g/mol. The Morgan fingerprint density at radius 2 is 2.35 bits per heavy atom. The zero-order chi connectivity index (χ0) is 14.3. The highest BCUT2D eigenvalue weighted by atomic mass is 79.9. The Hall–Kier alpha value is -1.54. The Bertz CT molecular complexity index is 752. The zero-order valence-corrected chi connectivity index (χ0v) is 12.7.